The number of ether oxygens (including phenoxy) is 2. The first-order valence-electron chi connectivity index (χ1n) is 19.2. The minimum atomic E-state index is -0.707. The zero-order chi connectivity index (χ0) is 39.4. The van der Waals surface area contributed by atoms with Crippen molar-refractivity contribution in [2.24, 2.45) is 11.8 Å². The van der Waals surface area contributed by atoms with Crippen molar-refractivity contribution in [2.75, 3.05) is 38.8 Å². The molecule has 16 heteroatoms. The highest BCUT2D eigenvalue weighted by Crippen LogP contribution is 2.36. The van der Waals surface area contributed by atoms with Crippen molar-refractivity contribution in [3.8, 4) is 11.3 Å². The van der Waals surface area contributed by atoms with Gasteiger partial charge in [-0.25, -0.2) is 19.6 Å². The van der Waals surface area contributed by atoms with Gasteiger partial charge in [0.05, 0.1) is 50.1 Å². The molecule has 0 radical (unpaired) electrons. The van der Waals surface area contributed by atoms with Crippen LogP contribution in [0.3, 0.4) is 0 Å². The normalized spacial score (nSPS) is 21.2. The average Bonchev–Trinajstić information content (AvgIpc) is 4.02. The lowest BCUT2D eigenvalue weighted by Gasteiger charge is -2.31. The second-order valence-electron chi connectivity index (χ2n) is 15.3. The van der Waals surface area contributed by atoms with Gasteiger partial charge >= 0.3 is 12.2 Å². The molecular formula is C39H53N9O7. The van der Waals surface area contributed by atoms with Gasteiger partial charge in [-0.3, -0.25) is 14.4 Å². The maximum Gasteiger partial charge on any atom is 0.407 e. The van der Waals surface area contributed by atoms with Gasteiger partial charge in [-0.15, -0.1) is 0 Å². The molecule has 5 amide bonds. The molecule has 55 heavy (non-hydrogen) atoms. The van der Waals surface area contributed by atoms with E-state index in [1.54, 1.807) is 27.1 Å². The summed E-state index contributed by atoms with van der Waals surface area (Å²) in [5, 5.41) is 5.36. The number of rotatable bonds is 11. The first kappa shape index (κ1) is 39.3. The summed E-state index contributed by atoms with van der Waals surface area (Å²) in [5.74, 6) is 0.793. The minimum absolute atomic E-state index is 0.00416. The van der Waals surface area contributed by atoms with E-state index < -0.39 is 24.3 Å². The Bertz CT molecular complexity index is 1850. The SMILES string of the molecule is COC(=O)NC(C(=O)N1CCCC1c1cnc(C2CCN(c3ccc(-c4cnc(C5CCCN5C(=O)C(NC(=O)OC)C(C)C)[nH]4)cc3)C(=O)C2)[nH]1)C(C)C. The zero-order valence-corrected chi connectivity index (χ0v) is 32.5. The fourth-order valence-electron chi connectivity index (χ4n) is 7.97. The van der Waals surface area contributed by atoms with E-state index in [-0.39, 0.29) is 47.6 Å². The summed E-state index contributed by atoms with van der Waals surface area (Å²) in [6.07, 6.45) is 6.47. The predicted molar refractivity (Wildman–Crippen MR) is 203 cm³/mol. The van der Waals surface area contributed by atoms with Crippen LogP contribution < -0.4 is 15.5 Å². The van der Waals surface area contributed by atoms with Crippen molar-refractivity contribution in [2.45, 2.75) is 96.3 Å². The molecule has 3 fully saturated rings. The Balaban J connectivity index is 1.07. The number of benzene rings is 1. The van der Waals surface area contributed by atoms with E-state index in [9.17, 15) is 24.0 Å². The predicted octanol–water partition coefficient (Wildman–Crippen LogP) is 4.80. The largest absolute Gasteiger partial charge is 0.453 e. The molecule has 0 aliphatic carbocycles. The standard InChI is InChI=1S/C39H53N9O7/c1-22(2)32(44-38(52)54-5)36(50)47-16-7-9-29(47)28-21-40-34(43-28)25-15-18-46(31(49)19-25)26-13-11-24(12-14-26)27-20-41-35(42-27)30-10-8-17-48(30)37(51)33(23(3)4)45-39(53)55-6/h11-14,20-23,25,29-30,32-33H,7-10,15-19H2,1-6H3,(H,40,43)(H,41,42)(H,44,52)(H,45,53). The summed E-state index contributed by atoms with van der Waals surface area (Å²) in [7, 11) is 2.56. The van der Waals surface area contributed by atoms with Crippen LogP contribution >= 0.6 is 0 Å². The molecule has 2 aromatic heterocycles. The lowest BCUT2D eigenvalue weighted by molar-refractivity contribution is -0.136. The van der Waals surface area contributed by atoms with Crippen LogP contribution in [0.4, 0.5) is 15.3 Å². The third-order valence-electron chi connectivity index (χ3n) is 11.0. The van der Waals surface area contributed by atoms with Gasteiger partial charge in [-0.1, -0.05) is 39.8 Å². The summed E-state index contributed by atoms with van der Waals surface area (Å²) in [6.45, 7) is 9.23. The summed E-state index contributed by atoms with van der Waals surface area (Å²) in [6, 6.07) is 5.93. The highest BCUT2D eigenvalue weighted by atomic mass is 16.5. The topological polar surface area (TPSA) is 195 Å². The van der Waals surface area contributed by atoms with Crippen molar-refractivity contribution < 1.29 is 33.4 Å². The molecule has 6 rings (SSSR count). The molecule has 1 aromatic carbocycles. The molecule has 3 aliphatic heterocycles. The first-order valence-corrected chi connectivity index (χ1v) is 19.2. The van der Waals surface area contributed by atoms with Gasteiger partial charge in [-0.05, 0) is 61.6 Å². The van der Waals surface area contributed by atoms with E-state index >= 15 is 0 Å². The number of alkyl carbamates (subject to hydrolysis) is 2. The summed E-state index contributed by atoms with van der Waals surface area (Å²) < 4.78 is 9.49. The Kier molecular flexibility index (Phi) is 12.1. The van der Waals surface area contributed by atoms with E-state index in [4.69, 9.17) is 9.47 Å². The third kappa shape index (κ3) is 8.47. The number of aromatic amines is 2. The maximum atomic E-state index is 13.5. The smallest absolute Gasteiger partial charge is 0.407 e. The van der Waals surface area contributed by atoms with Crippen LogP contribution in [0.2, 0.25) is 0 Å². The highest BCUT2D eigenvalue weighted by Gasteiger charge is 2.39. The lowest BCUT2D eigenvalue weighted by Crippen LogP contribution is -2.51. The molecule has 4 N–H and O–H groups in total. The van der Waals surface area contributed by atoms with Crippen molar-refractivity contribution in [1.82, 2.24) is 40.4 Å². The van der Waals surface area contributed by atoms with Crippen LogP contribution in [-0.2, 0) is 23.9 Å². The number of aromatic nitrogens is 4. The number of hydrogen-bond acceptors (Lipinski definition) is 9. The van der Waals surface area contributed by atoms with Crippen molar-refractivity contribution in [3.05, 3.63) is 54.0 Å². The molecule has 296 valence electrons. The highest BCUT2D eigenvalue weighted by molar-refractivity contribution is 5.95. The number of piperidine rings is 1. The number of nitrogens with one attached hydrogen (secondary N) is 4. The number of H-pyrrole nitrogens is 2. The Labute approximate surface area is 321 Å². The Morgan fingerprint density at radius 3 is 1.87 bits per heavy atom. The zero-order valence-electron chi connectivity index (χ0n) is 32.5. The first-order chi connectivity index (χ1) is 26.4. The number of anilines is 1. The number of carbonyl (C=O) groups excluding carboxylic acids is 5. The van der Waals surface area contributed by atoms with Crippen LogP contribution in [0.5, 0.6) is 0 Å². The number of amides is 5. The molecular weight excluding hydrogens is 706 g/mol. The second kappa shape index (κ2) is 16.9. The average molecular weight is 760 g/mol. The Morgan fingerprint density at radius 1 is 0.745 bits per heavy atom. The maximum absolute atomic E-state index is 13.5. The van der Waals surface area contributed by atoms with Crippen molar-refractivity contribution >= 4 is 35.6 Å². The molecule has 5 atom stereocenters. The van der Waals surface area contributed by atoms with Gasteiger partial charge in [0.25, 0.3) is 0 Å². The number of nitrogens with zero attached hydrogens (tertiary/aromatic N) is 5. The van der Waals surface area contributed by atoms with E-state index in [1.165, 1.54) is 14.2 Å². The van der Waals surface area contributed by atoms with Gasteiger partial charge in [0.15, 0.2) is 0 Å². The monoisotopic (exact) mass is 759 g/mol. The van der Waals surface area contributed by atoms with Crippen LogP contribution in [0.1, 0.15) is 102 Å². The molecule has 5 heterocycles. The minimum Gasteiger partial charge on any atom is -0.453 e. The molecule has 3 aromatic rings. The fourth-order valence-corrected chi connectivity index (χ4v) is 7.97. The van der Waals surface area contributed by atoms with E-state index in [1.807, 2.05) is 52.0 Å². The lowest BCUT2D eigenvalue weighted by atomic mass is 9.95. The molecule has 3 saturated heterocycles. The quantitative estimate of drug-likeness (QED) is 0.212. The van der Waals surface area contributed by atoms with Gasteiger partial charge in [-0.2, -0.15) is 0 Å². The number of methoxy groups -OCH3 is 2. The molecule has 0 spiro atoms. The summed E-state index contributed by atoms with van der Waals surface area (Å²) >= 11 is 0. The van der Waals surface area contributed by atoms with E-state index in [0.29, 0.717) is 31.9 Å². The van der Waals surface area contributed by atoms with Crippen LogP contribution in [0, 0.1) is 11.8 Å². The van der Waals surface area contributed by atoms with E-state index in [2.05, 4.69) is 30.6 Å². The van der Waals surface area contributed by atoms with Crippen LogP contribution in [-0.4, -0.2) is 106 Å². The van der Waals surface area contributed by atoms with Gasteiger partial charge in [0.2, 0.25) is 17.7 Å². The van der Waals surface area contributed by atoms with Gasteiger partial charge in [0.1, 0.15) is 23.7 Å². The number of hydrogen-bond donors (Lipinski definition) is 4. The van der Waals surface area contributed by atoms with Crippen LogP contribution in [0.15, 0.2) is 36.7 Å². The van der Waals surface area contributed by atoms with Crippen molar-refractivity contribution in [1.29, 1.82) is 0 Å². The number of carbonyl (C=O) groups is 5. The fraction of sp³-hybridized carbons (Fsp3) is 0.564. The van der Waals surface area contributed by atoms with E-state index in [0.717, 1.165) is 60.6 Å². The Morgan fingerprint density at radius 2 is 1.31 bits per heavy atom. The number of likely N-dealkylation sites (tertiary alicyclic amines) is 2. The van der Waals surface area contributed by atoms with Gasteiger partial charge < -0.3 is 44.8 Å². The van der Waals surface area contributed by atoms with Gasteiger partial charge in [0, 0.05) is 37.7 Å². The molecule has 0 bridgehead atoms. The molecule has 5 unspecified atom stereocenters. The second-order valence-corrected chi connectivity index (χ2v) is 15.3. The molecule has 3 aliphatic rings. The number of imidazole rings is 2. The molecule has 16 nitrogen and oxygen atoms in total. The summed E-state index contributed by atoms with van der Waals surface area (Å²) in [4.78, 5) is 86.0. The Hall–Kier alpha value is -5.41. The summed E-state index contributed by atoms with van der Waals surface area (Å²) in [5.41, 5.74) is 3.33. The van der Waals surface area contributed by atoms with Crippen molar-refractivity contribution in [3.63, 3.8) is 0 Å². The molecule has 0 saturated carbocycles. The third-order valence-corrected chi connectivity index (χ3v) is 11.0. The van der Waals surface area contributed by atoms with Crippen LogP contribution in [0.25, 0.3) is 11.3 Å².